The summed E-state index contributed by atoms with van der Waals surface area (Å²) in [7, 11) is 0. The number of hydrogen-bond acceptors (Lipinski definition) is 5. The van der Waals surface area contributed by atoms with Gasteiger partial charge in [-0.25, -0.2) is 4.98 Å². The van der Waals surface area contributed by atoms with Crippen molar-refractivity contribution < 1.29 is 9.59 Å². The third kappa shape index (κ3) is 6.07. The number of nitrogens with two attached hydrogens (primary N) is 2. The van der Waals surface area contributed by atoms with Crippen LogP contribution in [0.5, 0.6) is 0 Å². The van der Waals surface area contributed by atoms with Crippen molar-refractivity contribution in [2.45, 2.75) is 19.4 Å². The zero-order chi connectivity index (χ0) is 20.6. The Morgan fingerprint density at radius 1 is 0.897 bits per heavy atom. The zero-order valence-electron chi connectivity index (χ0n) is 15.9. The number of carbonyl (C=O) groups is 2. The lowest BCUT2D eigenvalue weighted by atomic mass is 10.1. The Labute approximate surface area is 169 Å². The monoisotopic (exact) mass is 389 g/mol. The lowest BCUT2D eigenvalue weighted by Crippen LogP contribution is -2.23. The molecule has 0 aliphatic rings. The molecule has 148 valence electrons. The first kappa shape index (κ1) is 19.9. The molecule has 3 rings (SSSR count). The van der Waals surface area contributed by atoms with Crippen molar-refractivity contribution in [3.05, 3.63) is 83.6 Å². The van der Waals surface area contributed by atoms with E-state index in [2.05, 4.69) is 15.6 Å². The Morgan fingerprint density at radius 2 is 1.59 bits per heavy atom. The van der Waals surface area contributed by atoms with Gasteiger partial charge < -0.3 is 22.1 Å². The maximum Gasteiger partial charge on any atom is 0.255 e. The first-order valence-corrected chi connectivity index (χ1v) is 9.22. The Balaban J connectivity index is 1.46. The molecule has 0 atom stereocenters. The van der Waals surface area contributed by atoms with Crippen molar-refractivity contribution >= 4 is 29.0 Å². The molecule has 0 fully saturated rings. The van der Waals surface area contributed by atoms with Crippen LogP contribution >= 0.6 is 0 Å². The van der Waals surface area contributed by atoms with Gasteiger partial charge in [0.25, 0.3) is 5.91 Å². The number of nitrogens with one attached hydrogen (secondary N) is 2. The Morgan fingerprint density at radius 3 is 2.28 bits per heavy atom. The largest absolute Gasteiger partial charge is 0.399 e. The summed E-state index contributed by atoms with van der Waals surface area (Å²) in [6.07, 6.45) is 2.59. The van der Waals surface area contributed by atoms with Gasteiger partial charge in [-0.3, -0.25) is 9.59 Å². The van der Waals surface area contributed by atoms with Crippen LogP contribution in [0.25, 0.3) is 0 Å². The molecule has 0 spiro atoms. The summed E-state index contributed by atoms with van der Waals surface area (Å²) in [6.45, 7) is 0.406. The summed E-state index contributed by atoms with van der Waals surface area (Å²) in [5.41, 5.74) is 15.1. The van der Waals surface area contributed by atoms with Gasteiger partial charge in [0.2, 0.25) is 5.91 Å². The molecular weight excluding hydrogens is 366 g/mol. The molecule has 0 unspecified atom stereocenters. The fraction of sp³-hybridized carbons (Fsp3) is 0.136. The third-order valence-electron chi connectivity index (χ3n) is 4.37. The molecule has 7 nitrogen and oxygen atoms in total. The van der Waals surface area contributed by atoms with E-state index in [1.54, 1.807) is 24.3 Å². The van der Waals surface area contributed by atoms with Crippen LogP contribution in [0.2, 0.25) is 0 Å². The SMILES string of the molecule is Nc1ccc(CCC(=O)NCc2ccc(C(=O)Nc3ccnc(N)c3)cc2)cc1. The summed E-state index contributed by atoms with van der Waals surface area (Å²) in [4.78, 5) is 28.2. The van der Waals surface area contributed by atoms with Gasteiger partial charge >= 0.3 is 0 Å². The summed E-state index contributed by atoms with van der Waals surface area (Å²) >= 11 is 0. The van der Waals surface area contributed by atoms with Gasteiger partial charge in [0.1, 0.15) is 5.82 Å². The second-order valence-electron chi connectivity index (χ2n) is 6.64. The summed E-state index contributed by atoms with van der Waals surface area (Å²) in [6, 6.07) is 17.8. The van der Waals surface area contributed by atoms with Crippen LogP contribution < -0.4 is 22.1 Å². The molecule has 29 heavy (non-hydrogen) atoms. The summed E-state index contributed by atoms with van der Waals surface area (Å²) < 4.78 is 0. The topological polar surface area (TPSA) is 123 Å². The Kier molecular flexibility index (Phi) is 6.42. The maximum absolute atomic E-state index is 12.3. The van der Waals surface area contributed by atoms with Crippen LogP contribution in [0.15, 0.2) is 66.9 Å². The lowest BCUT2D eigenvalue weighted by molar-refractivity contribution is -0.121. The predicted molar refractivity (Wildman–Crippen MR) is 114 cm³/mol. The van der Waals surface area contributed by atoms with E-state index in [1.165, 1.54) is 6.20 Å². The van der Waals surface area contributed by atoms with Crippen molar-refractivity contribution in [3.8, 4) is 0 Å². The molecule has 3 aromatic rings. The summed E-state index contributed by atoms with van der Waals surface area (Å²) in [5.74, 6) is 0.0684. The summed E-state index contributed by atoms with van der Waals surface area (Å²) in [5, 5.41) is 5.66. The number of nitrogens with zero attached hydrogens (tertiary/aromatic N) is 1. The van der Waals surface area contributed by atoms with Crippen LogP contribution in [0, 0.1) is 0 Å². The standard InChI is InChI=1S/C22H23N5O2/c23-18-8-3-15(4-9-18)5-10-21(28)26-14-16-1-6-17(7-2-16)22(29)27-19-11-12-25-20(24)13-19/h1-4,6-9,11-13H,5,10,14,23H2,(H,26,28)(H3,24,25,27,29). The van der Waals surface area contributed by atoms with E-state index in [0.29, 0.717) is 42.1 Å². The zero-order valence-corrected chi connectivity index (χ0v) is 15.9. The number of nitrogen functional groups attached to an aromatic ring is 2. The van der Waals surface area contributed by atoms with Crippen LogP contribution in [-0.4, -0.2) is 16.8 Å². The van der Waals surface area contributed by atoms with Gasteiger partial charge in [0.15, 0.2) is 0 Å². The number of pyridine rings is 1. The van der Waals surface area contributed by atoms with E-state index >= 15 is 0 Å². The van der Waals surface area contributed by atoms with E-state index in [1.807, 2.05) is 36.4 Å². The first-order chi connectivity index (χ1) is 14.0. The van der Waals surface area contributed by atoms with Crippen LogP contribution in [0.3, 0.4) is 0 Å². The Bertz CT molecular complexity index is 985. The second kappa shape index (κ2) is 9.36. The molecule has 7 heteroatoms. The number of anilines is 3. The number of aromatic nitrogens is 1. The van der Waals surface area contributed by atoms with Gasteiger partial charge in [-0.15, -0.1) is 0 Å². The van der Waals surface area contributed by atoms with E-state index in [4.69, 9.17) is 11.5 Å². The minimum absolute atomic E-state index is 0.0288. The molecule has 0 aliphatic carbocycles. The Hall–Kier alpha value is -3.87. The molecular formula is C22H23N5O2. The van der Waals surface area contributed by atoms with E-state index < -0.39 is 0 Å². The minimum atomic E-state index is -0.241. The molecule has 2 aromatic carbocycles. The average molecular weight is 389 g/mol. The van der Waals surface area contributed by atoms with Crippen molar-refractivity contribution in [1.29, 1.82) is 0 Å². The molecule has 6 N–H and O–H groups in total. The molecule has 2 amide bonds. The van der Waals surface area contributed by atoms with Crippen molar-refractivity contribution in [1.82, 2.24) is 10.3 Å². The number of amides is 2. The third-order valence-corrected chi connectivity index (χ3v) is 4.37. The van der Waals surface area contributed by atoms with Crippen molar-refractivity contribution in [3.63, 3.8) is 0 Å². The van der Waals surface area contributed by atoms with Crippen molar-refractivity contribution in [2.75, 3.05) is 16.8 Å². The second-order valence-corrected chi connectivity index (χ2v) is 6.64. The number of benzene rings is 2. The smallest absolute Gasteiger partial charge is 0.255 e. The van der Waals surface area contributed by atoms with Crippen LogP contribution in [-0.2, 0) is 17.8 Å². The van der Waals surface area contributed by atoms with Gasteiger partial charge in [0, 0.05) is 42.2 Å². The molecule has 0 aliphatic heterocycles. The van der Waals surface area contributed by atoms with Gasteiger partial charge in [-0.2, -0.15) is 0 Å². The van der Waals surface area contributed by atoms with Crippen LogP contribution in [0.4, 0.5) is 17.2 Å². The van der Waals surface area contributed by atoms with Gasteiger partial charge in [0.05, 0.1) is 0 Å². The highest BCUT2D eigenvalue weighted by atomic mass is 16.2. The average Bonchev–Trinajstić information content (AvgIpc) is 2.72. The number of carbonyl (C=O) groups excluding carboxylic acids is 2. The fourth-order valence-corrected chi connectivity index (χ4v) is 2.73. The fourth-order valence-electron chi connectivity index (χ4n) is 2.73. The molecule has 0 saturated heterocycles. The first-order valence-electron chi connectivity index (χ1n) is 9.22. The van der Waals surface area contributed by atoms with Gasteiger partial charge in [-0.1, -0.05) is 24.3 Å². The highest BCUT2D eigenvalue weighted by Crippen LogP contribution is 2.12. The maximum atomic E-state index is 12.3. The predicted octanol–water partition coefficient (Wildman–Crippen LogP) is 2.75. The normalized spacial score (nSPS) is 10.3. The molecule has 1 heterocycles. The van der Waals surface area contributed by atoms with Crippen LogP contribution in [0.1, 0.15) is 27.9 Å². The van der Waals surface area contributed by atoms with E-state index in [-0.39, 0.29) is 11.8 Å². The molecule has 0 radical (unpaired) electrons. The van der Waals surface area contributed by atoms with Gasteiger partial charge in [-0.05, 0) is 47.9 Å². The number of hydrogen-bond donors (Lipinski definition) is 4. The minimum Gasteiger partial charge on any atom is -0.399 e. The van der Waals surface area contributed by atoms with E-state index in [9.17, 15) is 9.59 Å². The lowest BCUT2D eigenvalue weighted by Gasteiger charge is -2.08. The number of aryl methyl sites for hydroxylation is 1. The molecule has 1 aromatic heterocycles. The quantitative estimate of drug-likeness (QED) is 0.463. The van der Waals surface area contributed by atoms with E-state index in [0.717, 1.165) is 11.1 Å². The highest BCUT2D eigenvalue weighted by molar-refractivity contribution is 6.04. The molecule has 0 bridgehead atoms. The number of rotatable bonds is 7. The van der Waals surface area contributed by atoms with Crippen molar-refractivity contribution in [2.24, 2.45) is 0 Å². The highest BCUT2D eigenvalue weighted by Gasteiger charge is 2.07. The molecule has 0 saturated carbocycles.